The van der Waals surface area contributed by atoms with E-state index in [1.165, 1.54) is 6.07 Å². The van der Waals surface area contributed by atoms with Crippen LogP contribution in [0.5, 0.6) is 11.5 Å². The molecule has 25 heavy (non-hydrogen) atoms. The second kappa shape index (κ2) is 6.32. The maximum absolute atomic E-state index is 12.3. The zero-order valence-corrected chi connectivity index (χ0v) is 13.2. The third-order valence-corrected chi connectivity index (χ3v) is 3.94. The van der Waals surface area contributed by atoms with Crippen LogP contribution >= 0.6 is 0 Å². The number of fused-ring (bicyclic) bond motifs is 2. The number of ether oxygens (including phenoxy) is 2. The molecule has 1 amide bonds. The highest BCUT2D eigenvalue weighted by Crippen LogP contribution is 2.30. The van der Waals surface area contributed by atoms with Crippen LogP contribution in [0.25, 0.3) is 11.0 Å². The molecule has 3 aromatic rings. The number of benzene rings is 2. The molecule has 0 saturated carbocycles. The lowest BCUT2D eigenvalue weighted by molar-refractivity contribution is 0.0787. The summed E-state index contributed by atoms with van der Waals surface area (Å²) >= 11 is 0. The van der Waals surface area contributed by atoms with Gasteiger partial charge < -0.3 is 19.2 Å². The Bertz CT molecular complexity index is 994. The molecule has 4 rings (SSSR count). The Morgan fingerprint density at radius 3 is 2.72 bits per heavy atom. The van der Waals surface area contributed by atoms with Gasteiger partial charge in [-0.2, -0.15) is 0 Å². The predicted molar refractivity (Wildman–Crippen MR) is 91.2 cm³/mol. The molecule has 2 aromatic carbocycles. The summed E-state index contributed by atoms with van der Waals surface area (Å²) in [5.74, 6) is 0.820. The summed E-state index contributed by atoms with van der Waals surface area (Å²) in [6.07, 6.45) is -0.327. The van der Waals surface area contributed by atoms with Gasteiger partial charge >= 0.3 is 5.63 Å². The molecular formula is C19H15NO5. The Morgan fingerprint density at radius 2 is 1.84 bits per heavy atom. The first-order valence-electron chi connectivity index (χ1n) is 7.90. The number of para-hydroxylation sites is 3. The van der Waals surface area contributed by atoms with Gasteiger partial charge in [-0.3, -0.25) is 4.79 Å². The number of nitrogens with one attached hydrogen (secondary N) is 1. The number of carbonyl (C=O) groups is 1. The van der Waals surface area contributed by atoms with Crippen LogP contribution in [0.15, 0.2) is 63.8 Å². The molecule has 6 heteroatoms. The molecule has 0 bridgehead atoms. The van der Waals surface area contributed by atoms with Crippen molar-refractivity contribution >= 4 is 16.9 Å². The molecule has 6 nitrogen and oxygen atoms in total. The second-order valence-electron chi connectivity index (χ2n) is 5.69. The Kier molecular flexibility index (Phi) is 3.85. The Morgan fingerprint density at radius 1 is 1.08 bits per heavy atom. The topological polar surface area (TPSA) is 77.8 Å². The highest BCUT2D eigenvalue weighted by atomic mass is 16.6. The zero-order valence-electron chi connectivity index (χ0n) is 13.2. The van der Waals surface area contributed by atoms with Crippen molar-refractivity contribution in [1.82, 2.24) is 5.32 Å². The van der Waals surface area contributed by atoms with E-state index in [2.05, 4.69) is 5.32 Å². The summed E-state index contributed by atoms with van der Waals surface area (Å²) in [7, 11) is 0. The van der Waals surface area contributed by atoms with E-state index in [1.807, 2.05) is 24.3 Å². The highest BCUT2D eigenvalue weighted by Gasteiger charge is 2.22. The van der Waals surface area contributed by atoms with Crippen molar-refractivity contribution in [2.24, 2.45) is 0 Å². The van der Waals surface area contributed by atoms with Gasteiger partial charge in [0.05, 0.1) is 6.54 Å². The van der Waals surface area contributed by atoms with Crippen LogP contribution in [-0.2, 0) is 0 Å². The van der Waals surface area contributed by atoms with E-state index < -0.39 is 11.5 Å². The lowest BCUT2D eigenvalue weighted by Crippen LogP contribution is -2.41. The maximum Gasteiger partial charge on any atom is 0.349 e. The number of amides is 1. The van der Waals surface area contributed by atoms with Crippen LogP contribution in [0.3, 0.4) is 0 Å². The first kappa shape index (κ1) is 15.3. The van der Waals surface area contributed by atoms with Crippen LogP contribution in [-0.4, -0.2) is 25.2 Å². The normalized spacial score (nSPS) is 15.8. The minimum atomic E-state index is -0.664. The highest BCUT2D eigenvalue weighted by molar-refractivity contribution is 5.96. The maximum atomic E-state index is 12.3. The molecule has 0 fully saturated rings. The Balaban J connectivity index is 1.46. The molecule has 1 aliphatic rings. The molecule has 0 saturated heterocycles. The largest absolute Gasteiger partial charge is 0.486 e. The van der Waals surface area contributed by atoms with Crippen LogP contribution in [0.2, 0.25) is 0 Å². The first-order chi connectivity index (χ1) is 12.2. The average Bonchev–Trinajstić information content (AvgIpc) is 2.65. The molecule has 1 aromatic heterocycles. The second-order valence-corrected chi connectivity index (χ2v) is 5.69. The Hall–Kier alpha value is -3.28. The summed E-state index contributed by atoms with van der Waals surface area (Å²) in [6, 6.07) is 15.9. The van der Waals surface area contributed by atoms with E-state index in [1.54, 1.807) is 24.3 Å². The third kappa shape index (κ3) is 3.06. The summed E-state index contributed by atoms with van der Waals surface area (Å²) in [6.45, 7) is 0.545. The van der Waals surface area contributed by atoms with Gasteiger partial charge in [0.15, 0.2) is 11.5 Å². The molecule has 0 aliphatic carbocycles. The van der Waals surface area contributed by atoms with Gasteiger partial charge in [-0.15, -0.1) is 0 Å². The fourth-order valence-electron chi connectivity index (χ4n) is 2.69. The number of hydrogen-bond acceptors (Lipinski definition) is 5. The van der Waals surface area contributed by atoms with Crippen molar-refractivity contribution in [2.45, 2.75) is 6.10 Å². The number of carbonyl (C=O) groups excluding carboxylic acids is 1. The Labute approximate surface area is 143 Å². The fourth-order valence-corrected chi connectivity index (χ4v) is 2.69. The van der Waals surface area contributed by atoms with E-state index in [0.717, 1.165) is 0 Å². The lowest BCUT2D eigenvalue weighted by atomic mass is 10.2. The monoisotopic (exact) mass is 337 g/mol. The molecule has 0 unspecified atom stereocenters. The van der Waals surface area contributed by atoms with Gasteiger partial charge in [0.2, 0.25) is 0 Å². The van der Waals surface area contributed by atoms with Crippen LogP contribution in [0, 0.1) is 0 Å². The SMILES string of the molecule is O=C(NC[C@H]1COc2ccccc2O1)c1cc2ccccc2oc1=O. The smallest absolute Gasteiger partial charge is 0.349 e. The summed E-state index contributed by atoms with van der Waals surface area (Å²) in [4.78, 5) is 24.3. The molecule has 126 valence electrons. The van der Waals surface area contributed by atoms with E-state index >= 15 is 0 Å². The number of rotatable bonds is 3. The van der Waals surface area contributed by atoms with Crippen molar-refractivity contribution in [3.05, 3.63) is 70.6 Å². The van der Waals surface area contributed by atoms with Crippen LogP contribution in [0.4, 0.5) is 0 Å². The number of hydrogen-bond donors (Lipinski definition) is 1. The molecule has 1 N–H and O–H groups in total. The van der Waals surface area contributed by atoms with Crippen molar-refractivity contribution in [3.8, 4) is 11.5 Å². The first-order valence-corrected chi connectivity index (χ1v) is 7.90. The zero-order chi connectivity index (χ0) is 17.2. The molecule has 1 atom stereocenters. The van der Waals surface area contributed by atoms with E-state index in [9.17, 15) is 9.59 Å². The quantitative estimate of drug-likeness (QED) is 0.743. The van der Waals surface area contributed by atoms with Crippen LogP contribution < -0.4 is 20.4 Å². The van der Waals surface area contributed by atoms with E-state index in [0.29, 0.717) is 29.1 Å². The lowest BCUT2D eigenvalue weighted by Gasteiger charge is -2.26. The van der Waals surface area contributed by atoms with Gasteiger partial charge in [0.25, 0.3) is 5.91 Å². The summed E-state index contributed by atoms with van der Waals surface area (Å²) < 4.78 is 16.6. The predicted octanol–water partition coefficient (Wildman–Crippen LogP) is 2.36. The third-order valence-electron chi connectivity index (χ3n) is 3.94. The van der Waals surface area contributed by atoms with Crippen molar-refractivity contribution in [3.63, 3.8) is 0 Å². The minimum absolute atomic E-state index is 0.0316. The van der Waals surface area contributed by atoms with Crippen molar-refractivity contribution in [1.29, 1.82) is 0 Å². The van der Waals surface area contributed by atoms with Gasteiger partial charge in [0, 0.05) is 5.39 Å². The van der Waals surface area contributed by atoms with Crippen molar-refractivity contribution < 1.29 is 18.7 Å². The molecule has 0 radical (unpaired) electrons. The fraction of sp³-hybridized carbons (Fsp3) is 0.158. The summed E-state index contributed by atoms with van der Waals surface area (Å²) in [5, 5.41) is 3.39. The van der Waals surface area contributed by atoms with Gasteiger partial charge in [0.1, 0.15) is 23.9 Å². The minimum Gasteiger partial charge on any atom is -0.486 e. The molecule has 0 spiro atoms. The van der Waals surface area contributed by atoms with E-state index in [4.69, 9.17) is 13.9 Å². The van der Waals surface area contributed by atoms with Gasteiger partial charge in [-0.25, -0.2) is 4.79 Å². The molecule has 1 aliphatic heterocycles. The molecular weight excluding hydrogens is 322 g/mol. The van der Waals surface area contributed by atoms with Crippen LogP contribution in [0.1, 0.15) is 10.4 Å². The van der Waals surface area contributed by atoms with Gasteiger partial charge in [-0.1, -0.05) is 30.3 Å². The van der Waals surface area contributed by atoms with Gasteiger partial charge in [-0.05, 0) is 24.3 Å². The average molecular weight is 337 g/mol. The molecule has 2 heterocycles. The van der Waals surface area contributed by atoms with Crippen molar-refractivity contribution in [2.75, 3.05) is 13.2 Å². The standard InChI is InChI=1S/C19H15NO5/c21-18(14-9-12-5-1-2-6-15(12)25-19(14)22)20-10-13-11-23-16-7-3-4-8-17(16)24-13/h1-9,13H,10-11H2,(H,20,21)/t13-/m0/s1. The van der Waals surface area contributed by atoms with E-state index in [-0.39, 0.29) is 18.2 Å². The summed E-state index contributed by atoms with van der Waals surface area (Å²) in [5.41, 5.74) is -0.247.